The number of rotatable bonds is 4. The van der Waals surface area contributed by atoms with E-state index < -0.39 is 10.0 Å². The molecule has 19 heavy (non-hydrogen) atoms. The Morgan fingerprint density at radius 2 is 2.05 bits per heavy atom. The fourth-order valence-corrected chi connectivity index (χ4v) is 3.34. The number of sulfonamides is 1. The Bertz CT molecular complexity index is 741. The van der Waals surface area contributed by atoms with Crippen LogP contribution in [-0.2, 0) is 10.0 Å². The van der Waals surface area contributed by atoms with Crippen LogP contribution in [0.15, 0.2) is 52.4 Å². The summed E-state index contributed by atoms with van der Waals surface area (Å²) >= 11 is 3.12. The quantitative estimate of drug-likeness (QED) is 0.840. The zero-order chi connectivity index (χ0) is 14.0. The van der Waals surface area contributed by atoms with Crippen molar-refractivity contribution in [1.29, 1.82) is 0 Å². The smallest absolute Gasteiger partial charge is 0.241 e. The molecule has 0 fully saturated rings. The largest absolute Gasteiger partial charge is 0.399 e. The SMILES string of the molecule is C=C(Br)CNS(=O)(=O)c1cccc2cc(N)ccc12. The first-order valence-electron chi connectivity index (χ1n) is 5.51. The highest BCUT2D eigenvalue weighted by Gasteiger charge is 2.16. The Hall–Kier alpha value is -1.37. The highest BCUT2D eigenvalue weighted by molar-refractivity contribution is 9.11. The fraction of sp³-hybridized carbons (Fsp3) is 0.0769. The summed E-state index contributed by atoms with van der Waals surface area (Å²) in [6.07, 6.45) is 0. The van der Waals surface area contributed by atoms with E-state index in [0.717, 1.165) is 5.39 Å². The molecular formula is C13H13BrN2O2S. The van der Waals surface area contributed by atoms with Gasteiger partial charge in [0.15, 0.2) is 0 Å². The third-order valence-electron chi connectivity index (χ3n) is 2.61. The van der Waals surface area contributed by atoms with Crippen molar-refractivity contribution in [3.63, 3.8) is 0 Å². The molecule has 6 heteroatoms. The molecule has 0 radical (unpaired) electrons. The van der Waals surface area contributed by atoms with E-state index in [0.29, 0.717) is 15.6 Å². The average Bonchev–Trinajstić information content (AvgIpc) is 2.35. The number of fused-ring (bicyclic) bond motifs is 1. The van der Waals surface area contributed by atoms with Crippen molar-refractivity contribution in [3.05, 3.63) is 47.5 Å². The fourth-order valence-electron chi connectivity index (χ4n) is 1.76. The molecule has 2 aromatic carbocycles. The maximum Gasteiger partial charge on any atom is 0.241 e. The van der Waals surface area contributed by atoms with Crippen LogP contribution < -0.4 is 10.5 Å². The Balaban J connectivity index is 2.53. The van der Waals surface area contributed by atoms with E-state index in [1.165, 1.54) is 0 Å². The van der Waals surface area contributed by atoms with Crippen LogP contribution in [0.3, 0.4) is 0 Å². The number of nitrogens with one attached hydrogen (secondary N) is 1. The van der Waals surface area contributed by atoms with Gasteiger partial charge in [0.1, 0.15) is 0 Å². The minimum absolute atomic E-state index is 0.147. The molecule has 2 aromatic rings. The molecule has 0 unspecified atom stereocenters. The minimum atomic E-state index is -3.58. The Labute approximate surface area is 120 Å². The van der Waals surface area contributed by atoms with E-state index in [2.05, 4.69) is 27.2 Å². The van der Waals surface area contributed by atoms with Gasteiger partial charge >= 0.3 is 0 Å². The van der Waals surface area contributed by atoms with Gasteiger partial charge in [0.2, 0.25) is 10.0 Å². The number of halogens is 1. The molecule has 100 valence electrons. The molecule has 3 N–H and O–H groups in total. The summed E-state index contributed by atoms with van der Waals surface area (Å²) in [4.78, 5) is 0.235. The van der Waals surface area contributed by atoms with Gasteiger partial charge in [-0.1, -0.05) is 40.7 Å². The lowest BCUT2D eigenvalue weighted by atomic mass is 10.1. The van der Waals surface area contributed by atoms with Crippen LogP contribution in [0.5, 0.6) is 0 Å². The first kappa shape index (κ1) is 14.0. The molecule has 0 saturated heterocycles. The third-order valence-corrected chi connectivity index (χ3v) is 4.35. The van der Waals surface area contributed by atoms with Crippen LogP contribution in [0.2, 0.25) is 0 Å². The molecule has 0 heterocycles. The molecular weight excluding hydrogens is 328 g/mol. The van der Waals surface area contributed by atoms with Gasteiger partial charge in [-0.15, -0.1) is 0 Å². The predicted molar refractivity (Wildman–Crippen MR) is 81.6 cm³/mol. The maximum atomic E-state index is 12.2. The number of nitrogens with two attached hydrogens (primary N) is 1. The van der Waals surface area contributed by atoms with Crippen LogP contribution in [0.1, 0.15) is 0 Å². The van der Waals surface area contributed by atoms with Crippen molar-refractivity contribution in [1.82, 2.24) is 4.72 Å². The molecule has 4 nitrogen and oxygen atoms in total. The second kappa shape index (κ2) is 5.32. The van der Waals surface area contributed by atoms with E-state index in [1.54, 1.807) is 30.3 Å². The van der Waals surface area contributed by atoms with Gasteiger partial charge < -0.3 is 5.73 Å². The van der Waals surface area contributed by atoms with Crippen LogP contribution in [0.4, 0.5) is 5.69 Å². The van der Waals surface area contributed by atoms with Gasteiger partial charge in [-0.3, -0.25) is 0 Å². The summed E-state index contributed by atoms with van der Waals surface area (Å²) in [5, 5.41) is 1.44. The normalized spacial score (nSPS) is 11.6. The lowest BCUT2D eigenvalue weighted by molar-refractivity contribution is 0.586. The van der Waals surface area contributed by atoms with Gasteiger partial charge in [0, 0.05) is 22.1 Å². The summed E-state index contributed by atoms with van der Waals surface area (Å²) in [6.45, 7) is 3.75. The lowest BCUT2D eigenvalue weighted by Gasteiger charge is -2.09. The summed E-state index contributed by atoms with van der Waals surface area (Å²) in [6, 6.07) is 10.2. The number of nitrogen functional groups attached to an aromatic ring is 1. The van der Waals surface area contributed by atoms with Crippen LogP contribution in [0.25, 0.3) is 10.8 Å². The van der Waals surface area contributed by atoms with Crippen LogP contribution in [0, 0.1) is 0 Å². The topological polar surface area (TPSA) is 72.2 Å². The van der Waals surface area contributed by atoms with E-state index >= 15 is 0 Å². The Morgan fingerprint density at radius 1 is 1.32 bits per heavy atom. The first-order chi connectivity index (χ1) is 8.90. The summed E-state index contributed by atoms with van der Waals surface area (Å²) in [5.41, 5.74) is 6.30. The number of hydrogen-bond acceptors (Lipinski definition) is 3. The molecule has 0 aliphatic heterocycles. The average molecular weight is 341 g/mol. The van der Waals surface area contributed by atoms with Crippen molar-refractivity contribution in [2.75, 3.05) is 12.3 Å². The molecule has 0 bridgehead atoms. The highest BCUT2D eigenvalue weighted by Crippen LogP contribution is 2.24. The van der Waals surface area contributed by atoms with Crippen molar-refractivity contribution in [2.24, 2.45) is 0 Å². The Kier molecular flexibility index (Phi) is 3.93. The second-order valence-electron chi connectivity index (χ2n) is 4.08. The lowest BCUT2D eigenvalue weighted by Crippen LogP contribution is -2.24. The van der Waals surface area contributed by atoms with Crippen molar-refractivity contribution < 1.29 is 8.42 Å². The van der Waals surface area contributed by atoms with Crippen molar-refractivity contribution >= 4 is 42.4 Å². The summed E-state index contributed by atoms with van der Waals surface area (Å²) in [7, 11) is -3.58. The second-order valence-corrected chi connectivity index (χ2v) is 6.94. The number of anilines is 1. The maximum absolute atomic E-state index is 12.2. The number of benzene rings is 2. The van der Waals surface area contributed by atoms with Gasteiger partial charge in [0.25, 0.3) is 0 Å². The Morgan fingerprint density at radius 3 is 2.74 bits per heavy atom. The standard InChI is InChI=1S/C13H13BrN2O2S/c1-9(14)8-16-19(17,18)13-4-2-3-10-7-11(15)5-6-12(10)13/h2-7,16H,1,8,15H2. The van der Waals surface area contributed by atoms with E-state index in [4.69, 9.17) is 5.73 Å². The van der Waals surface area contributed by atoms with Crippen LogP contribution in [-0.4, -0.2) is 15.0 Å². The van der Waals surface area contributed by atoms with Gasteiger partial charge in [0.05, 0.1) is 4.90 Å². The molecule has 0 aliphatic carbocycles. The molecule has 0 aliphatic rings. The molecule has 0 spiro atoms. The predicted octanol–water partition coefficient (Wildman–Crippen LogP) is 2.61. The van der Waals surface area contributed by atoms with Gasteiger partial charge in [-0.05, 0) is 23.6 Å². The highest BCUT2D eigenvalue weighted by atomic mass is 79.9. The zero-order valence-corrected chi connectivity index (χ0v) is 12.5. The number of hydrogen-bond donors (Lipinski definition) is 2. The third kappa shape index (κ3) is 3.15. The molecule has 0 aromatic heterocycles. The minimum Gasteiger partial charge on any atom is -0.399 e. The monoisotopic (exact) mass is 340 g/mol. The van der Waals surface area contributed by atoms with Crippen LogP contribution >= 0.6 is 15.9 Å². The first-order valence-corrected chi connectivity index (χ1v) is 7.79. The summed E-state index contributed by atoms with van der Waals surface area (Å²) in [5.74, 6) is 0. The molecule has 0 saturated carbocycles. The van der Waals surface area contributed by atoms with Crippen molar-refractivity contribution in [2.45, 2.75) is 4.90 Å². The van der Waals surface area contributed by atoms with Crippen molar-refractivity contribution in [3.8, 4) is 0 Å². The molecule has 2 rings (SSSR count). The molecule has 0 atom stereocenters. The molecule has 0 amide bonds. The summed E-state index contributed by atoms with van der Waals surface area (Å²) < 4.78 is 27.5. The van der Waals surface area contributed by atoms with E-state index in [9.17, 15) is 8.42 Å². The van der Waals surface area contributed by atoms with Gasteiger partial charge in [-0.25, -0.2) is 13.1 Å². The van der Waals surface area contributed by atoms with E-state index in [-0.39, 0.29) is 11.4 Å². The van der Waals surface area contributed by atoms with E-state index in [1.807, 2.05) is 6.07 Å². The zero-order valence-electron chi connectivity index (χ0n) is 10.1. The van der Waals surface area contributed by atoms with Gasteiger partial charge in [-0.2, -0.15) is 0 Å².